The smallest absolute Gasteiger partial charge is 0.395 e. The lowest BCUT2D eigenvalue weighted by Crippen LogP contribution is -2.63. The molecule has 7 heteroatoms. The fourth-order valence-electron chi connectivity index (χ4n) is 2.43. The van der Waals surface area contributed by atoms with E-state index in [0.29, 0.717) is 32.9 Å². The van der Waals surface area contributed by atoms with E-state index in [2.05, 4.69) is 0 Å². The second-order valence-corrected chi connectivity index (χ2v) is 7.05. The average Bonchev–Trinajstić information content (AvgIpc) is 2.41. The van der Waals surface area contributed by atoms with Crippen LogP contribution in [0.2, 0.25) is 0 Å². The summed E-state index contributed by atoms with van der Waals surface area (Å²) in [6.45, 7) is 10.4. The van der Waals surface area contributed by atoms with Gasteiger partial charge in [0.05, 0.1) is 18.9 Å². The Kier molecular flexibility index (Phi) is 11.6. The molecule has 0 aromatic heterocycles. The van der Waals surface area contributed by atoms with Crippen LogP contribution >= 0.6 is 0 Å². The van der Waals surface area contributed by atoms with Crippen LogP contribution in [0.1, 0.15) is 34.1 Å². The van der Waals surface area contributed by atoms with Crippen LogP contribution in [0.25, 0.3) is 0 Å². The van der Waals surface area contributed by atoms with E-state index in [0.717, 1.165) is 6.42 Å². The molecule has 0 aliphatic heterocycles. The zero-order valence-electron chi connectivity index (χ0n) is 13.3. The normalized spacial score (nSPS) is 13.9. The van der Waals surface area contributed by atoms with E-state index >= 15 is 0 Å². The van der Waals surface area contributed by atoms with Crippen molar-refractivity contribution >= 4 is 8.80 Å². The maximum Gasteiger partial charge on any atom is 0.519 e. The zero-order chi connectivity index (χ0) is 15.4. The van der Waals surface area contributed by atoms with Gasteiger partial charge in [0.25, 0.3) is 0 Å². The van der Waals surface area contributed by atoms with Gasteiger partial charge in [0.15, 0.2) is 0 Å². The molecule has 0 amide bonds. The third-order valence-electron chi connectivity index (χ3n) is 3.05. The van der Waals surface area contributed by atoms with Gasteiger partial charge in [-0.15, -0.1) is 0 Å². The molecule has 1 unspecified atom stereocenters. The summed E-state index contributed by atoms with van der Waals surface area (Å²) in [4.78, 5) is 2.01. The Morgan fingerprint density at radius 2 is 1.25 bits per heavy atom. The predicted molar refractivity (Wildman–Crippen MR) is 80.5 cm³/mol. The van der Waals surface area contributed by atoms with E-state index in [1.165, 1.54) is 0 Å². The first-order valence-corrected chi connectivity index (χ1v) is 9.33. The van der Waals surface area contributed by atoms with Crippen molar-refractivity contribution in [3.05, 3.63) is 0 Å². The van der Waals surface area contributed by atoms with E-state index in [9.17, 15) is 10.2 Å². The number of nitrogens with zero attached hydrogens (tertiary/aromatic N) is 1. The van der Waals surface area contributed by atoms with Crippen molar-refractivity contribution in [2.75, 3.05) is 46.1 Å². The lowest BCUT2D eigenvalue weighted by atomic mass is 10.4. The topological polar surface area (TPSA) is 71.4 Å². The number of aliphatic hydroxyl groups is 2. The second kappa shape index (κ2) is 11.6. The Hall–Kier alpha value is -0.0231. The molecule has 1 atom stereocenters. The fourth-order valence-corrected chi connectivity index (χ4v) is 5.67. The molecule has 6 nitrogen and oxygen atoms in total. The van der Waals surface area contributed by atoms with Gasteiger partial charge >= 0.3 is 8.80 Å². The van der Waals surface area contributed by atoms with E-state index in [4.69, 9.17) is 13.3 Å². The summed E-state index contributed by atoms with van der Waals surface area (Å²) in [5.74, 6) is 0. The van der Waals surface area contributed by atoms with Gasteiger partial charge < -0.3 is 23.5 Å². The molecule has 0 aliphatic rings. The van der Waals surface area contributed by atoms with Crippen LogP contribution in [-0.2, 0) is 13.3 Å². The molecule has 0 bridgehead atoms. The summed E-state index contributed by atoms with van der Waals surface area (Å²) >= 11 is 0. The van der Waals surface area contributed by atoms with Crippen LogP contribution in [0.5, 0.6) is 0 Å². The van der Waals surface area contributed by atoms with Crippen LogP contribution in [0.3, 0.4) is 0 Å². The molecule has 122 valence electrons. The first kappa shape index (κ1) is 20.0. The number of aliphatic hydroxyl groups excluding tert-OH is 2. The van der Waals surface area contributed by atoms with Crippen LogP contribution in [0.4, 0.5) is 0 Å². The highest BCUT2D eigenvalue weighted by Gasteiger charge is 2.50. The first-order valence-electron chi connectivity index (χ1n) is 7.53. The maximum absolute atomic E-state index is 9.23. The summed E-state index contributed by atoms with van der Waals surface area (Å²) in [6, 6.07) is 0. The largest absolute Gasteiger partial charge is 0.519 e. The number of hydrogen-bond donors (Lipinski definition) is 2. The highest BCUT2D eigenvalue weighted by atomic mass is 28.4. The minimum absolute atomic E-state index is 0.0331. The Morgan fingerprint density at radius 1 is 0.850 bits per heavy atom. The minimum Gasteiger partial charge on any atom is -0.395 e. The van der Waals surface area contributed by atoms with Crippen molar-refractivity contribution in [3.8, 4) is 0 Å². The molecule has 0 aromatic rings. The van der Waals surface area contributed by atoms with Gasteiger partial charge in [-0.05, 0) is 27.2 Å². The molecule has 0 aliphatic carbocycles. The zero-order valence-corrected chi connectivity index (χ0v) is 14.3. The predicted octanol–water partition coefficient (Wildman–Crippen LogP) is 0.639. The lowest BCUT2D eigenvalue weighted by molar-refractivity contribution is 0.0264. The molecule has 2 N–H and O–H groups in total. The lowest BCUT2D eigenvalue weighted by Gasteiger charge is -2.40. The quantitative estimate of drug-likeness (QED) is 0.487. The molecular formula is C13H31NO5Si. The highest BCUT2D eigenvalue weighted by molar-refractivity contribution is 6.62. The van der Waals surface area contributed by atoms with E-state index in [1.807, 2.05) is 32.6 Å². The fraction of sp³-hybridized carbons (Fsp3) is 1.00. The summed E-state index contributed by atoms with van der Waals surface area (Å²) in [7, 11) is -2.86. The molecule has 0 radical (unpaired) electrons. The highest BCUT2D eigenvalue weighted by Crippen LogP contribution is 2.22. The monoisotopic (exact) mass is 309 g/mol. The molecule has 0 spiro atoms. The summed E-state index contributed by atoms with van der Waals surface area (Å²) < 4.78 is 17.8. The summed E-state index contributed by atoms with van der Waals surface area (Å²) in [5.41, 5.74) is -0.0540. The van der Waals surface area contributed by atoms with Crippen LogP contribution in [-0.4, -0.2) is 75.7 Å². The third-order valence-corrected chi connectivity index (χ3v) is 6.71. The average molecular weight is 309 g/mol. The molecule has 0 saturated carbocycles. The molecule has 0 saturated heterocycles. The Morgan fingerprint density at radius 3 is 1.50 bits per heavy atom. The van der Waals surface area contributed by atoms with Gasteiger partial charge in [-0.25, -0.2) is 0 Å². The van der Waals surface area contributed by atoms with Crippen molar-refractivity contribution < 1.29 is 23.5 Å². The SMILES string of the molecule is CCO[Si](OCC)(OCC)C(CC)N(CCO)CCO. The van der Waals surface area contributed by atoms with E-state index < -0.39 is 8.80 Å². The molecule has 0 aromatic carbocycles. The van der Waals surface area contributed by atoms with E-state index in [1.54, 1.807) is 0 Å². The second-order valence-electron chi connectivity index (χ2n) is 4.31. The maximum atomic E-state index is 9.23. The van der Waals surface area contributed by atoms with Crippen LogP contribution in [0.15, 0.2) is 0 Å². The van der Waals surface area contributed by atoms with Gasteiger partial charge in [-0.3, -0.25) is 4.90 Å². The van der Waals surface area contributed by atoms with Gasteiger partial charge in [-0.2, -0.15) is 0 Å². The van der Waals surface area contributed by atoms with Crippen LogP contribution < -0.4 is 0 Å². The van der Waals surface area contributed by atoms with Gasteiger partial charge in [0, 0.05) is 32.9 Å². The van der Waals surface area contributed by atoms with Gasteiger partial charge in [0.1, 0.15) is 0 Å². The Labute approximate surface area is 124 Å². The molecular weight excluding hydrogens is 278 g/mol. The van der Waals surface area contributed by atoms with Crippen LogP contribution in [0, 0.1) is 0 Å². The third kappa shape index (κ3) is 5.77. The van der Waals surface area contributed by atoms with Gasteiger partial charge in [-0.1, -0.05) is 6.92 Å². The number of hydrogen-bond acceptors (Lipinski definition) is 6. The Balaban J connectivity index is 5.27. The Bertz CT molecular complexity index is 210. The summed E-state index contributed by atoms with van der Waals surface area (Å²) in [5, 5.41) is 18.5. The van der Waals surface area contributed by atoms with E-state index in [-0.39, 0.29) is 18.9 Å². The molecule has 0 fully saturated rings. The van der Waals surface area contributed by atoms with Crippen molar-refractivity contribution in [2.45, 2.75) is 39.8 Å². The van der Waals surface area contributed by atoms with Crippen molar-refractivity contribution in [2.24, 2.45) is 0 Å². The molecule has 0 heterocycles. The van der Waals surface area contributed by atoms with Gasteiger partial charge in [0.2, 0.25) is 0 Å². The van der Waals surface area contributed by atoms with Crippen molar-refractivity contribution in [1.82, 2.24) is 4.90 Å². The minimum atomic E-state index is -2.86. The summed E-state index contributed by atoms with van der Waals surface area (Å²) in [6.07, 6.45) is 0.784. The van der Waals surface area contributed by atoms with Crippen molar-refractivity contribution in [1.29, 1.82) is 0 Å². The van der Waals surface area contributed by atoms with Crippen molar-refractivity contribution in [3.63, 3.8) is 0 Å². The first-order chi connectivity index (χ1) is 9.65. The standard InChI is InChI=1S/C13H31NO5Si/c1-5-13(14(9-11-15)10-12-16)20(17-6-2,18-7-3)19-8-4/h13,15-16H,5-12H2,1-4H3. The molecule has 20 heavy (non-hydrogen) atoms. The number of rotatable bonds is 13. The molecule has 0 rings (SSSR count).